The van der Waals surface area contributed by atoms with Gasteiger partial charge in [0.15, 0.2) is 23.0 Å². The van der Waals surface area contributed by atoms with Crippen LogP contribution in [-0.2, 0) is 0 Å². The van der Waals surface area contributed by atoms with Gasteiger partial charge in [-0.3, -0.25) is 4.98 Å². The number of aryl methyl sites for hydroxylation is 1. The molecule has 0 bridgehead atoms. The van der Waals surface area contributed by atoms with Crippen LogP contribution in [0.5, 0.6) is 23.0 Å². The highest BCUT2D eigenvalue weighted by Crippen LogP contribution is 2.42. The summed E-state index contributed by atoms with van der Waals surface area (Å²) in [4.78, 5) is 4.60. The number of nitrogens with one attached hydrogen (secondary N) is 1. The molecule has 0 radical (unpaired) electrons. The second-order valence-corrected chi connectivity index (χ2v) is 7.02. The van der Waals surface area contributed by atoms with Gasteiger partial charge < -0.3 is 24.3 Å². The molecule has 0 aliphatic carbocycles. The summed E-state index contributed by atoms with van der Waals surface area (Å²) in [5.74, 6) is 2.52. The fourth-order valence-electron chi connectivity index (χ4n) is 3.21. The molecule has 3 rings (SSSR count). The van der Waals surface area contributed by atoms with Crippen LogP contribution < -0.4 is 24.3 Å². The van der Waals surface area contributed by atoms with Crippen LogP contribution in [-0.4, -0.2) is 46.5 Å². The molecule has 1 aromatic heterocycles. The summed E-state index contributed by atoms with van der Waals surface area (Å²) < 4.78 is 21.6. The molecule has 0 atom stereocenters. The zero-order chi connectivity index (χ0) is 23.0. The number of benzene rings is 2. The van der Waals surface area contributed by atoms with Crippen molar-refractivity contribution >= 4 is 22.5 Å². The molecule has 7 heteroatoms. The zero-order valence-corrected chi connectivity index (χ0v) is 20.0. The highest BCUT2D eigenvalue weighted by atomic mass is 35.5. The molecule has 31 heavy (non-hydrogen) atoms. The highest BCUT2D eigenvalue weighted by molar-refractivity contribution is 6.35. The molecular formula is C24H31ClN2O4. The molecular weight excluding hydrogens is 416 g/mol. The van der Waals surface area contributed by atoms with Gasteiger partial charge in [-0.15, -0.1) is 0 Å². The minimum Gasteiger partial charge on any atom is -0.493 e. The van der Waals surface area contributed by atoms with Gasteiger partial charge in [-0.25, -0.2) is 0 Å². The molecule has 3 aromatic rings. The quantitative estimate of drug-likeness (QED) is 0.516. The standard InChI is InChI=1S/C20H20ClNO4.C4H11N/c1-11-20(21)19(12-6-7-15(23-2)16(8-12)24-3)13-9-17(25-4)18(26-5)10-14(13)22-11;1-3-5-4-2/h6-10H,1-5H3;5H,3-4H2,1-2H3. The topological polar surface area (TPSA) is 61.8 Å². The number of hydrogen-bond donors (Lipinski definition) is 1. The van der Waals surface area contributed by atoms with E-state index in [2.05, 4.69) is 24.1 Å². The highest BCUT2D eigenvalue weighted by Gasteiger charge is 2.18. The number of methoxy groups -OCH3 is 4. The van der Waals surface area contributed by atoms with Gasteiger partial charge in [0.2, 0.25) is 0 Å². The number of rotatable bonds is 7. The van der Waals surface area contributed by atoms with Crippen LogP contribution in [0.25, 0.3) is 22.0 Å². The predicted molar refractivity (Wildman–Crippen MR) is 127 cm³/mol. The Balaban J connectivity index is 0.000000614. The Morgan fingerprint density at radius 1 is 0.806 bits per heavy atom. The van der Waals surface area contributed by atoms with Crippen molar-refractivity contribution in [2.45, 2.75) is 20.8 Å². The Morgan fingerprint density at radius 2 is 1.35 bits per heavy atom. The van der Waals surface area contributed by atoms with Crippen molar-refractivity contribution < 1.29 is 18.9 Å². The number of hydrogen-bond acceptors (Lipinski definition) is 6. The van der Waals surface area contributed by atoms with Gasteiger partial charge >= 0.3 is 0 Å². The zero-order valence-electron chi connectivity index (χ0n) is 19.3. The van der Waals surface area contributed by atoms with Gasteiger partial charge in [-0.2, -0.15) is 0 Å². The number of fused-ring (bicyclic) bond motifs is 1. The van der Waals surface area contributed by atoms with Crippen LogP contribution in [0.3, 0.4) is 0 Å². The van der Waals surface area contributed by atoms with E-state index in [1.54, 1.807) is 28.4 Å². The first-order valence-corrected chi connectivity index (χ1v) is 10.5. The average Bonchev–Trinajstić information content (AvgIpc) is 2.79. The Bertz CT molecular complexity index is 1020. The van der Waals surface area contributed by atoms with Gasteiger partial charge in [-0.1, -0.05) is 31.5 Å². The molecule has 0 aliphatic heterocycles. The number of nitrogens with zero attached hydrogens (tertiary/aromatic N) is 1. The largest absolute Gasteiger partial charge is 0.493 e. The first kappa shape index (κ1) is 24.6. The number of aromatic nitrogens is 1. The fraction of sp³-hybridized carbons (Fsp3) is 0.375. The Kier molecular flexibility index (Phi) is 9.21. The molecule has 168 valence electrons. The number of pyridine rings is 1. The smallest absolute Gasteiger partial charge is 0.162 e. The lowest BCUT2D eigenvalue weighted by Crippen LogP contribution is -2.09. The van der Waals surface area contributed by atoms with Crippen molar-refractivity contribution in [2.24, 2.45) is 0 Å². The molecule has 0 amide bonds. The lowest BCUT2D eigenvalue weighted by Gasteiger charge is -2.16. The molecule has 0 saturated heterocycles. The minimum absolute atomic E-state index is 0.580. The molecule has 2 aromatic carbocycles. The maximum Gasteiger partial charge on any atom is 0.162 e. The summed E-state index contributed by atoms with van der Waals surface area (Å²) in [5, 5.41) is 4.56. The second kappa shape index (κ2) is 11.6. The van der Waals surface area contributed by atoms with Crippen LogP contribution >= 0.6 is 11.6 Å². The van der Waals surface area contributed by atoms with E-state index < -0.39 is 0 Å². The molecule has 6 nitrogen and oxygen atoms in total. The van der Waals surface area contributed by atoms with Crippen LogP contribution in [0.2, 0.25) is 5.02 Å². The van der Waals surface area contributed by atoms with Crippen LogP contribution in [0.4, 0.5) is 0 Å². The van der Waals surface area contributed by atoms with Gasteiger partial charge in [0.05, 0.1) is 44.7 Å². The van der Waals surface area contributed by atoms with E-state index in [-0.39, 0.29) is 0 Å². The molecule has 1 N–H and O–H groups in total. The van der Waals surface area contributed by atoms with E-state index in [4.69, 9.17) is 30.5 Å². The number of halogens is 1. The Labute approximate surface area is 189 Å². The van der Waals surface area contributed by atoms with Crippen LogP contribution in [0.1, 0.15) is 19.5 Å². The summed E-state index contributed by atoms with van der Waals surface area (Å²) in [5.41, 5.74) is 3.26. The van der Waals surface area contributed by atoms with Gasteiger partial charge in [0, 0.05) is 17.0 Å². The number of ether oxygens (including phenoxy) is 4. The van der Waals surface area contributed by atoms with Gasteiger partial charge in [-0.05, 0) is 43.8 Å². The van der Waals surface area contributed by atoms with E-state index in [1.165, 1.54) is 0 Å². The molecule has 1 heterocycles. The maximum absolute atomic E-state index is 6.64. The lowest BCUT2D eigenvalue weighted by atomic mass is 9.99. The normalized spacial score (nSPS) is 10.3. The predicted octanol–water partition coefficient (Wildman–Crippen LogP) is 5.51. The molecule has 0 unspecified atom stereocenters. The molecule has 0 aliphatic rings. The Hall–Kier alpha value is -2.70. The molecule has 0 spiro atoms. The third-order valence-corrected chi connectivity index (χ3v) is 5.23. The monoisotopic (exact) mass is 446 g/mol. The second-order valence-electron chi connectivity index (χ2n) is 6.64. The van der Waals surface area contributed by atoms with Crippen molar-refractivity contribution in [2.75, 3.05) is 41.5 Å². The minimum atomic E-state index is 0.580. The summed E-state index contributed by atoms with van der Waals surface area (Å²) >= 11 is 6.64. The van der Waals surface area contributed by atoms with Crippen molar-refractivity contribution in [1.82, 2.24) is 10.3 Å². The molecule has 0 fully saturated rings. The van der Waals surface area contributed by atoms with Gasteiger partial charge in [0.25, 0.3) is 0 Å². The van der Waals surface area contributed by atoms with E-state index in [0.29, 0.717) is 28.0 Å². The van der Waals surface area contributed by atoms with E-state index in [0.717, 1.165) is 40.8 Å². The summed E-state index contributed by atoms with van der Waals surface area (Å²) in [6.45, 7) is 8.27. The first-order chi connectivity index (χ1) is 14.9. The third-order valence-electron chi connectivity index (χ3n) is 4.77. The van der Waals surface area contributed by atoms with E-state index >= 15 is 0 Å². The summed E-state index contributed by atoms with van der Waals surface area (Å²) in [7, 11) is 6.41. The van der Waals surface area contributed by atoms with E-state index in [1.807, 2.05) is 37.3 Å². The summed E-state index contributed by atoms with van der Waals surface area (Å²) in [6, 6.07) is 9.43. The lowest BCUT2D eigenvalue weighted by molar-refractivity contribution is 0.355. The van der Waals surface area contributed by atoms with Crippen LogP contribution in [0, 0.1) is 6.92 Å². The Morgan fingerprint density at radius 3 is 1.87 bits per heavy atom. The van der Waals surface area contributed by atoms with Gasteiger partial charge in [0.1, 0.15) is 0 Å². The SMILES string of the molecule is CCNCC.COc1ccc(-c2c(Cl)c(C)nc3cc(OC)c(OC)cc23)cc1OC. The van der Waals surface area contributed by atoms with E-state index in [9.17, 15) is 0 Å². The van der Waals surface area contributed by atoms with Crippen molar-refractivity contribution in [3.05, 3.63) is 41.0 Å². The maximum atomic E-state index is 6.64. The fourth-order valence-corrected chi connectivity index (χ4v) is 3.47. The first-order valence-electron chi connectivity index (χ1n) is 10.1. The van der Waals surface area contributed by atoms with Crippen molar-refractivity contribution in [3.8, 4) is 34.1 Å². The third kappa shape index (κ3) is 5.51. The molecule has 0 saturated carbocycles. The van der Waals surface area contributed by atoms with Crippen LogP contribution in [0.15, 0.2) is 30.3 Å². The average molecular weight is 447 g/mol. The van der Waals surface area contributed by atoms with Crippen molar-refractivity contribution in [1.29, 1.82) is 0 Å². The van der Waals surface area contributed by atoms with Crippen molar-refractivity contribution in [3.63, 3.8) is 0 Å². The summed E-state index contributed by atoms with van der Waals surface area (Å²) in [6.07, 6.45) is 0.